The van der Waals surface area contributed by atoms with Crippen molar-refractivity contribution in [3.05, 3.63) is 59.0 Å². The molecule has 0 saturated heterocycles. The summed E-state index contributed by atoms with van der Waals surface area (Å²) < 4.78 is 20.5. The fourth-order valence-electron chi connectivity index (χ4n) is 2.74. The molecule has 6 heteroatoms. The number of fused-ring (bicyclic) bond motifs is 1. The first-order valence-corrected chi connectivity index (χ1v) is 7.48. The number of carbonyl (C=O) groups excluding carboxylic acids is 1. The van der Waals surface area contributed by atoms with Crippen molar-refractivity contribution < 1.29 is 13.9 Å². The Hall–Kier alpha value is -2.84. The number of halogens is 2. The Bertz CT molecular complexity index is 989. The Balaban J connectivity index is 2.40. The van der Waals surface area contributed by atoms with Crippen molar-refractivity contribution in [1.29, 1.82) is 5.26 Å². The van der Waals surface area contributed by atoms with Gasteiger partial charge in [0.15, 0.2) is 0 Å². The third kappa shape index (κ3) is 2.61. The van der Waals surface area contributed by atoms with Crippen molar-refractivity contribution in [1.82, 2.24) is 4.57 Å². The van der Waals surface area contributed by atoms with Crippen LogP contribution in [0.3, 0.4) is 0 Å². The van der Waals surface area contributed by atoms with Crippen LogP contribution in [0.5, 0.6) is 0 Å². The zero-order valence-electron chi connectivity index (χ0n) is 12.7. The Morgan fingerprint density at radius 3 is 2.75 bits per heavy atom. The van der Waals surface area contributed by atoms with Gasteiger partial charge in [-0.15, -0.1) is 0 Å². The van der Waals surface area contributed by atoms with E-state index in [9.17, 15) is 14.4 Å². The van der Waals surface area contributed by atoms with Crippen LogP contribution in [0.15, 0.2) is 42.5 Å². The maximum absolute atomic E-state index is 14.3. The van der Waals surface area contributed by atoms with Crippen LogP contribution in [0.25, 0.3) is 22.0 Å². The van der Waals surface area contributed by atoms with Gasteiger partial charge < -0.3 is 9.30 Å². The molecule has 0 aliphatic heterocycles. The average Bonchev–Trinajstić information content (AvgIpc) is 2.87. The molecule has 3 rings (SSSR count). The van der Waals surface area contributed by atoms with E-state index in [0.29, 0.717) is 21.5 Å². The summed E-state index contributed by atoms with van der Waals surface area (Å²) >= 11 is 6.08. The fraction of sp³-hybridized carbons (Fsp3) is 0.111. The van der Waals surface area contributed by atoms with E-state index in [4.69, 9.17) is 16.3 Å². The summed E-state index contributed by atoms with van der Waals surface area (Å²) in [7, 11) is 1.27. The zero-order chi connectivity index (χ0) is 17.3. The summed E-state index contributed by atoms with van der Waals surface area (Å²) in [4.78, 5) is 11.7. The molecule has 0 fully saturated rings. The lowest BCUT2D eigenvalue weighted by Crippen LogP contribution is -2.12. The second-order valence-corrected chi connectivity index (χ2v) is 5.58. The fourth-order valence-corrected chi connectivity index (χ4v) is 2.91. The van der Waals surface area contributed by atoms with Gasteiger partial charge in [-0.25, -0.2) is 4.39 Å². The first kappa shape index (κ1) is 16.0. The number of aromatic nitrogens is 1. The predicted octanol–water partition coefficient (Wildman–Crippen LogP) is 4.15. The van der Waals surface area contributed by atoms with Gasteiger partial charge in [0.1, 0.15) is 24.1 Å². The molecular formula is C18H12ClFN2O2. The van der Waals surface area contributed by atoms with Gasteiger partial charge in [-0.2, -0.15) is 5.26 Å². The molecule has 0 N–H and O–H groups in total. The molecule has 1 heterocycles. The van der Waals surface area contributed by atoms with Gasteiger partial charge in [-0.1, -0.05) is 29.8 Å². The predicted molar refractivity (Wildman–Crippen MR) is 89.1 cm³/mol. The van der Waals surface area contributed by atoms with Crippen molar-refractivity contribution in [2.24, 2.45) is 0 Å². The van der Waals surface area contributed by atoms with Crippen LogP contribution >= 0.6 is 11.6 Å². The normalized spacial score (nSPS) is 10.6. The number of nitrogens with zero attached hydrogens (tertiary/aromatic N) is 2. The van der Waals surface area contributed by atoms with Crippen molar-refractivity contribution in [3.8, 4) is 17.2 Å². The molecule has 2 aromatic carbocycles. The molecule has 24 heavy (non-hydrogen) atoms. The summed E-state index contributed by atoms with van der Waals surface area (Å²) in [5.74, 6) is -0.954. The van der Waals surface area contributed by atoms with Crippen molar-refractivity contribution in [2.45, 2.75) is 6.54 Å². The molecule has 0 radical (unpaired) electrons. The number of nitriles is 1. The molecule has 0 spiro atoms. The van der Waals surface area contributed by atoms with Gasteiger partial charge >= 0.3 is 5.97 Å². The van der Waals surface area contributed by atoms with E-state index in [1.165, 1.54) is 17.7 Å². The van der Waals surface area contributed by atoms with Crippen molar-refractivity contribution >= 4 is 28.5 Å². The molecule has 120 valence electrons. The van der Waals surface area contributed by atoms with Gasteiger partial charge in [-0.05, 0) is 24.3 Å². The first-order chi connectivity index (χ1) is 11.6. The standard InChI is InChI=1S/C18H12ClFN2O2/c1-24-17(23)10-22-15-7-6-11(19)8-13(15)18(16(22)9-21)12-4-2-3-5-14(12)20/h2-8H,10H2,1H3. The van der Waals surface area contributed by atoms with Crippen LogP contribution in [0.4, 0.5) is 4.39 Å². The van der Waals surface area contributed by atoms with Crippen LogP contribution in [-0.4, -0.2) is 17.6 Å². The van der Waals surface area contributed by atoms with E-state index >= 15 is 0 Å². The van der Waals surface area contributed by atoms with Gasteiger partial charge in [-0.3, -0.25) is 4.79 Å². The van der Waals surface area contributed by atoms with E-state index in [2.05, 4.69) is 6.07 Å². The molecule has 0 bridgehead atoms. The average molecular weight is 343 g/mol. The monoisotopic (exact) mass is 342 g/mol. The lowest BCUT2D eigenvalue weighted by atomic mass is 10.0. The minimum absolute atomic E-state index is 0.147. The summed E-state index contributed by atoms with van der Waals surface area (Å²) in [6.07, 6.45) is 0. The third-order valence-corrected chi connectivity index (χ3v) is 4.02. The van der Waals surface area contributed by atoms with Crippen molar-refractivity contribution in [3.63, 3.8) is 0 Å². The molecule has 0 amide bonds. The number of carbonyl (C=O) groups is 1. The van der Waals surface area contributed by atoms with Gasteiger partial charge in [0.05, 0.1) is 12.6 Å². The van der Waals surface area contributed by atoms with Crippen molar-refractivity contribution in [2.75, 3.05) is 7.11 Å². The van der Waals surface area contributed by atoms with Crippen LogP contribution in [0.1, 0.15) is 5.69 Å². The molecule has 0 atom stereocenters. The summed E-state index contributed by atoms with van der Waals surface area (Å²) in [5.41, 5.74) is 1.49. The highest BCUT2D eigenvalue weighted by Crippen LogP contribution is 2.37. The number of rotatable bonds is 3. The second kappa shape index (κ2) is 6.34. The van der Waals surface area contributed by atoms with E-state index in [1.807, 2.05) is 0 Å². The SMILES string of the molecule is COC(=O)Cn1c(C#N)c(-c2ccccc2F)c2cc(Cl)ccc21. The van der Waals surface area contributed by atoms with Gasteiger partial charge in [0, 0.05) is 21.5 Å². The zero-order valence-corrected chi connectivity index (χ0v) is 13.5. The van der Waals surface area contributed by atoms with E-state index in [1.54, 1.807) is 36.4 Å². The maximum Gasteiger partial charge on any atom is 0.325 e. The molecule has 0 unspecified atom stereocenters. The number of esters is 1. The highest BCUT2D eigenvalue weighted by atomic mass is 35.5. The Morgan fingerprint density at radius 1 is 1.33 bits per heavy atom. The Morgan fingerprint density at radius 2 is 2.08 bits per heavy atom. The topological polar surface area (TPSA) is 55.0 Å². The van der Waals surface area contributed by atoms with E-state index in [-0.39, 0.29) is 17.8 Å². The van der Waals surface area contributed by atoms with Crippen LogP contribution in [0, 0.1) is 17.1 Å². The minimum atomic E-state index is -0.501. The number of benzene rings is 2. The van der Waals surface area contributed by atoms with Crippen LogP contribution in [-0.2, 0) is 16.1 Å². The molecule has 3 aromatic rings. The lowest BCUT2D eigenvalue weighted by molar-refractivity contribution is -0.141. The minimum Gasteiger partial charge on any atom is -0.468 e. The molecule has 0 aliphatic carbocycles. The highest BCUT2D eigenvalue weighted by molar-refractivity contribution is 6.31. The van der Waals surface area contributed by atoms with Crippen LogP contribution in [0.2, 0.25) is 5.02 Å². The summed E-state index contributed by atoms with van der Waals surface area (Å²) in [6.45, 7) is -0.147. The molecule has 4 nitrogen and oxygen atoms in total. The molecule has 0 saturated carbocycles. The Kier molecular flexibility index (Phi) is 4.24. The molecule has 0 aliphatic rings. The largest absolute Gasteiger partial charge is 0.468 e. The van der Waals surface area contributed by atoms with E-state index in [0.717, 1.165) is 0 Å². The first-order valence-electron chi connectivity index (χ1n) is 7.10. The molecular weight excluding hydrogens is 331 g/mol. The molecule has 1 aromatic heterocycles. The quantitative estimate of drug-likeness (QED) is 0.672. The second-order valence-electron chi connectivity index (χ2n) is 5.14. The number of hydrogen-bond donors (Lipinski definition) is 0. The number of ether oxygens (including phenoxy) is 1. The summed E-state index contributed by atoms with van der Waals surface area (Å²) in [5, 5.41) is 10.7. The van der Waals surface area contributed by atoms with Crippen LogP contribution < -0.4 is 0 Å². The lowest BCUT2D eigenvalue weighted by Gasteiger charge is -2.06. The smallest absolute Gasteiger partial charge is 0.325 e. The third-order valence-electron chi connectivity index (χ3n) is 3.79. The maximum atomic E-state index is 14.3. The number of methoxy groups -OCH3 is 1. The Labute approximate surface area is 142 Å². The highest BCUT2D eigenvalue weighted by Gasteiger charge is 2.22. The summed E-state index contributed by atoms with van der Waals surface area (Å²) in [6, 6.07) is 13.3. The van der Waals surface area contributed by atoms with Gasteiger partial charge in [0.25, 0.3) is 0 Å². The van der Waals surface area contributed by atoms with E-state index < -0.39 is 11.8 Å². The number of hydrogen-bond acceptors (Lipinski definition) is 3. The van der Waals surface area contributed by atoms with Gasteiger partial charge in [0.2, 0.25) is 0 Å².